The minimum absolute atomic E-state index is 0.00295. The van der Waals surface area contributed by atoms with Crippen LogP contribution in [0.1, 0.15) is 36.8 Å². The molecule has 0 aromatic carbocycles. The van der Waals surface area contributed by atoms with Crippen LogP contribution in [0.4, 0.5) is 0 Å². The predicted molar refractivity (Wildman–Crippen MR) is 78.6 cm³/mol. The first-order chi connectivity index (χ1) is 8.99. The second-order valence-electron chi connectivity index (χ2n) is 4.74. The highest BCUT2D eigenvalue weighted by atomic mass is 32.1. The van der Waals surface area contributed by atoms with E-state index in [4.69, 9.17) is 5.73 Å². The molecule has 1 aromatic heterocycles. The third-order valence-corrected chi connectivity index (χ3v) is 4.23. The fourth-order valence-corrected chi connectivity index (χ4v) is 2.72. The summed E-state index contributed by atoms with van der Waals surface area (Å²) in [6.07, 6.45) is 3.00. The van der Waals surface area contributed by atoms with E-state index in [-0.39, 0.29) is 23.4 Å². The SMILES string of the molecule is CCCCC(CN)NC(=O)Cn1c(C)c(C)sc1=O. The zero-order valence-electron chi connectivity index (χ0n) is 11.9. The van der Waals surface area contributed by atoms with E-state index < -0.39 is 0 Å². The number of aryl methyl sites for hydroxylation is 1. The van der Waals surface area contributed by atoms with Gasteiger partial charge in [0.25, 0.3) is 0 Å². The van der Waals surface area contributed by atoms with Crippen LogP contribution >= 0.6 is 11.3 Å². The minimum Gasteiger partial charge on any atom is -0.351 e. The predicted octanol–water partition coefficient (Wildman–Crippen LogP) is 1.16. The normalized spacial score (nSPS) is 12.4. The van der Waals surface area contributed by atoms with Crippen molar-refractivity contribution in [3.63, 3.8) is 0 Å². The zero-order valence-corrected chi connectivity index (χ0v) is 12.7. The van der Waals surface area contributed by atoms with Crippen molar-refractivity contribution < 1.29 is 4.79 Å². The molecule has 5 nitrogen and oxygen atoms in total. The first-order valence-corrected chi connectivity index (χ1v) is 7.47. The van der Waals surface area contributed by atoms with Crippen molar-refractivity contribution in [2.24, 2.45) is 5.73 Å². The molecule has 0 fully saturated rings. The average Bonchev–Trinajstić information content (AvgIpc) is 2.61. The molecule has 0 saturated carbocycles. The van der Waals surface area contributed by atoms with Crippen molar-refractivity contribution in [1.29, 1.82) is 0 Å². The summed E-state index contributed by atoms with van der Waals surface area (Å²) >= 11 is 1.18. The number of amides is 1. The number of aromatic nitrogens is 1. The van der Waals surface area contributed by atoms with Crippen molar-refractivity contribution >= 4 is 17.2 Å². The van der Waals surface area contributed by atoms with Crippen LogP contribution in [-0.4, -0.2) is 23.1 Å². The molecule has 108 valence electrons. The van der Waals surface area contributed by atoms with E-state index in [1.165, 1.54) is 15.9 Å². The van der Waals surface area contributed by atoms with Crippen LogP contribution in [0.5, 0.6) is 0 Å². The molecule has 0 radical (unpaired) electrons. The average molecular weight is 285 g/mol. The molecule has 0 saturated heterocycles. The van der Waals surface area contributed by atoms with Gasteiger partial charge in [-0.2, -0.15) is 0 Å². The van der Waals surface area contributed by atoms with Crippen molar-refractivity contribution in [2.75, 3.05) is 6.54 Å². The lowest BCUT2D eigenvalue weighted by Gasteiger charge is -2.16. The molecule has 0 aliphatic carbocycles. The Kier molecular flexibility index (Phi) is 6.24. The summed E-state index contributed by atoms with van der Waals surface area (Å²) in [7, 11) is 0. The third kappa shape index (κ3) is 4.47. The van der Waals surface area contributed by atoms with Gasteiger partial charge in [-0.15, -0.1) is 0 Å². The lowest BCUT2D eigenvalue weighted by Crippen LogP contribution is -2.42. The van der Waals surface area contributed by atoms with Gasteiger partial charge in [-0.3, -0.25) is 14.2 Å². The lowest BCUT2D eigenvalue weighted by molar-refractivity contribution is -0.122. The zero-order chi connectivity index (χ0) is 14.4. The van der Waals surface area contributed by atoms with Gasteiger partial charge in [-0.1, -0.05) is 31.1 Å². The number of hydrogen-bond acceptors (Lipinski definition) is 4. The lowest BCUT2D eigenvalue weighted by atomic mass is 10.1. The molecule has 1 rings (SSSR count). The Bertz CT molecular complexity index is 479. The molecule has 1 unspecified atom stereocenters. The monoisotopic (exact) mass is 285 g/mol. The maximum atomic E-state index is 11.9. The number of nitrogens with zero attached hydrogens (tertiary/aromatic N) is 1. The van der Waals surface area contributed by atoms with Crippen molar-refractivity contribution in [3.05, 3.63) is 20.2 Å². The number of unbranched alkanes of at least 4 members (excludes halogenated alkanes) is 1. The topological polar surface area (TPSA) is 77.1 Å². The fourth-order valence-electron chi connectivity index (χ4n) is 1.89. The van der Waals surface area contributed by atoms with Crippen LogP contribution in [0.15, 0.2) is 4.79 Å². The number of carbonyl (C=O) groups excluding carboxylic acids is 1. The highest BCUT2D eigenvalue weighted by Gasteiger charge is 2.14. The Morgan fingerprint density at radius 3 is 2.63 bits per heavy atom. The first kappa shape index (κ1) is 15.9. The van der Waals surface area contributed by atoms with Gasteiger partial charge in [0.05, 0.1) is 0 Å². The highest BCUT2D eigenvalue weighted by Crippen LogP contribution is 2.09. The summed E-state index contributed by atoms with van der Waals surface area (Å²) in [5.74, 6) is -0.144. The van der Waals surface area contributed by atoms with E-state index in [0.29, 0.717) is 6.54 Å². The summed E-state index contributed by atoms with van der Waals surface area (Å²) in [5.41, 5.74) is 6.50. The van der Waals surface area contributed by atoms with Crippen molar-refractivity contribution in [2.45, 2.75) is 52.6 Å². The van der Waals surface area contributed by atoms with E-state index in [1.807, 2.05) is 13.8 Å². The quantitative estimate of drug-likeness (QED) is 0.789. The van der Waals surface area contributed by atoms with E-state index in [2.05, 4.69) is 12.2 Å². The maximum absolute atomic E-state index is 11.9. The Hall–Kier alpha value is -1.14. The van der Waals surface area contributed by atoms with E-state index in [1.54, 1.807) is 0 Å². The molecular weight excluding hydrogens is 262 g/mol. The summed E-state index contributed by atoms with van der Waals surface area (Å²) in [6.45, 7) is 6.37. The summed E-state index contributed by atoms with van der Waals surface area (Å²) < 4.78 is 1.52. The Labute approximate surface area is 117 Å². The van der Waals surface area contributed by atoms with Crippen LogP contribution in [0.2, 0.25) is 0 Å². The molecule has 6 heteroatoms. The third-order valence-electron chi connectivity index (χ3n) is 3.23. The van der Waals surface area contributed by atoms with E-state index in [9.17, 15) is 9.59 Å². The molecule has 1 atom stereocenters. The molecule has 1 heterocycles. The largest absolute Gasteiger partial charge is 0.351 e. The smallest absolute Gasteiger partial charge is 0.308 e. The molecular formula is C13H23N3O2S. The van der Waals surface area contributed by atoms with Crippen LogP contribution in [-0.2, 0) is 11.3 Å². The summed E-state index contributed by atoms with van der Waals surface area (Å²) in [4.78, 5) is 24.5. The van der Waals surface area contributed by atoms with Gasteiger partial charge < -0.3 is 11.1 Å². The Morgan fingerprint density at radius 2 is 2.16 bits per heavy atom. The number of carbonyl (C=O) groups is 1. The number of rotatable bonds is 7. The van der Waals surface area contributed by atoms with Crippen LogP contribution in [0, 0.1) is 13.8 Å². The van der Waals surface area contributed by atoms with Crippen LogP contribution in [0.25, 0.3) is 0 Å². The maximum Gasteiger partial charge on any atom is 0.308 e. The van der Waals surface area contributed by atoms with Gasteiger partial charge in [-0.05, 0) is 20.3 Å². The van der Waals surface area contributed by atoms with E-state index in [0.717, 1.165) is 29.8 Å². The Morgan fingerprint density at radius 1 is 1.47 bits per heavy atom. The molecule has 3 N–H and O–H groups in total. The van der Waals surface area contributed by atoms with Gasteiger partial charge in [0.15, 0.2) is 0 Å². The van der Waals surface area contributed by atoms with Gasteiger partial charge in [0.2, 0.25) is 5.91 Å². The molecule has 1 aromatic rings. The second-order valence-corrected chi connectivity index (χ2v) is 5.90. The van der Waals surface area contributed by atoms with Crippen LogP contribution < -0.4 is 15.9 Å². The fraction of sp³-hybridized carbons (Fsp3) is 0.692. The summed E-state index contributed by atoms with van der Waals surface area (Å²) in [5, 5.41) is 2.89. The summed E-state index contributed by atoms with van der Waals surface area (Å²) in [6, 6.07) is 0.00295. The standard InChI is InChI=1S/C13H23N3O2S/c1-4-5-6-11(7-14)15-12(17)8-16-9(2)10(3)19-13(16)18/h11H,4-8,14H2,1-3H3,(H,15,17). The van der Waals surface area contributed by atoms with Crippen molar-refractivity contribution in [3.8, 4) is 0 Å². The van der Waals surface area contributed by atoms with Crippen molar-refractivity contribution in [1.82, 2.24) is 9.88 Å². The molecule has 1 amide bonds. The molecule has 0 aliphatic heterocycles. The first-order valence-electron chi connectivity index (χ1n) is 6.65. The minimum atomic E-state index is -0.144. The van der Waals surface area contributed by atoms with Gasteiger partial charge in [0.1, 0.15) is 6.54 Å². The van der Waals surface area contributed by atoms with Gasteiger partial charge in [-0.25, -0.2) is 0 Å². The van der Waals surface area contributed by atoms with E-state index >= 15 is 0 Å². The Balaban J connectivity index is 2.61. The molecule has 0 bridgehead atoms. The molecule has 0 spiro atoms. The highest BCUT2D eigenvalue weighted by molar-refractivity contribution is 7.09. The van der Waals surface area contributed by atoms with Crippen LogP contribution in [0.3, 0.4) is 0 Å². The number of hydrogen-bond donors (Lipinski definition) is 2. The number of thiazole rings is 1. The number of nitrogens with two attached hydrogens (primary N) is 1. The number of nitrogens with one attached hydrogen (secondary N) is 1. The molecule has 0 aliphatic rings. The molecule has 19 heavy (non-hydrogen) atoms. The van der Waals surface area contributed by atoms with Gasteiger partial charge in [0, 0.05) is 23.2 Å². The second kappa shape index (κ2) is 7.45. The van der Waals surface area contributed by atoms with Gasteiger partial charge >= 0.3 is 4.87 Å².